The van der Waals surface area contributed by atoms with Crippen LogP contribution < -0.4 is 0 Å². The summed E-state index contributed by atoms with van der Waals surface area (Å²) >= 11 is 0. The lowest BCUT2D eigenvalue weighted by Crippen LogP contribution is -2.12. The molecule has 5 heteroatoms. The van der Waals surface area contributed by atoms with Gasteiger partial charge in [-0.05, 0) is 12.8 Å². The smallest absolute Gasteiger partial charge is 0.282 e. The molecule has 1 N–H and O–H groups in total. The Labute approximate surface area is 85.9 Å². The third kappa shape index (κ3) is 2.16. The van der Waals surface area contributed by atoms with Crippen LogP contribution in [-0.2, 0) is 6.18 Å². The van der Waals surface area contributed by atoms with E-state index in [9.17, 15) is 13.2 Å². The van der Waals surface area contributed by atoms with Crippen molar-refractivity contribution in [1.29, 1.82) is 0 Å². The second-order valence-corrected chi connectivity index (χ2v) is 4.03. The van der Waals surface area contributed by atoms with Crippen molar-refractivity contribution in [1.82, 2.24) is 10.2 Å². The number of aromatic nitrogens is 2. The van der Waals surface area contributed by atoms with E-state index in [1.165, 1.54) is 0 Å². The molecule has 2 nitrogen and oxygen atoms in total. The molecule has 1 saturated carbocycles. The van der Waals surface area contributed by atoms with Crippen molar-refractivity contribution >= 4 is 0 Å². The van der Waals surface area contributed by atoms with E-state index in [2.05, 4.69) is 10.2 Å². The zero-order valence-corrected chi connectivity index (χ0v) is 8.27. The van der Waals surface area contributed by atoms with Crippen LogP contribution in [0.1, 0.15) is 49.3 Å². The molecule has 0 atom stereocenters. The van der Waals surface area contributed by atoms with Crippen LogP contribution in [0.2, 0.25) is 0 Å². The Hall–Kier alpha value is -1.00. The fourth-order valence-corrected chi connectivity index (χ4v) is 2.22. The second-order valence-electron chi connectivity index (χ2n) is 4.03. The van der Waals surface area contributed by atoms with Gasteiger partial charge >= 0.3 is 6.18 Å². The quantitative estimate of drug-likeness (QED) is 0.768. The van der Waals surface area contributed by atoms with Crippen LogP contribution in [-0.4, -0.2) is 10.2 Å². The van der Waals surface area contributed by atoms with Crippen LogP contribution in [0, 0.1) is 0 Å². The van der Waals surface area contributed by atoms with Crippen molar-refractivity contribution in [3.63, 3.8) is 0 Å². The number of H-pyrrole nitrogens is 1. The van der Waals surface area contributed by atoms with Gasteiger partial charge in [-0.15, -0.1) is 0 Å². The van der Waals surface area contributed by atoms with Gasteiger partial charge in [0.05, 0.1) is 17.5 Å². The summed E-state index contributed by atoms with van der Waals surface area (Å²) < 4.78 is 37.7. The predicted molar refractivity (Wildman–Crippen MR) is 49.4 cm³/mol. The monoisotopic (exact) mass is 218 g/mol. The molecule has 0 radical (unpaired) electrons. The highest BCUT2D eigenvalue weighted by Gasteiger charge is 2.37. The highest BCUT2D eigenvalue weighted by molar-refractivity contribution is 5.23. The van der Waals surface area contributed by atoms with Crippen LogP contribution in [0.3, 0.4) is 0 Å². The Balaban J connectivity index is 2.24. The molecule has 0 amide bonds. The number of nitrogens with zero attached hydrogens (tertiary/aromatic N) is 1. The Bertz CT molecular complexity index is 324. The first-order valence-electron chi connectivity index (χ1n) is 5.19. The zero-order chi connectivity index (χ0) is 10.9. The number of nitrogens with one attached hydrogen (secondary N) is 1. The van der Waals surface area contributed by atoms with Gasteiger partial charge in [0.15, 0.2) is 0 Å². The van der Waals surface area contributed by atoms with Crippen molar-refractivity contribution < 1.29 is 13.2 Å². The van der Waals surface area contributed by atoms with Gasteiger partial charge in [0, 0.05) is 5.92 Å². The number of hydrogen-bond donors (Lipinski definition) is 1. The van der Waals surface area contributed by atoms with E-state index in [0.29, 0.717) is 0 Å². The molecule has 1 heterocycles. The van der Waals surface area contributed by atoms with Crippen LogP contribution in [0.4, 0.5) is 13.2 Å². The van der Waals surface area contributed by atoms with Gasteiger partial charge < -0.3 is 0 Å². The Kier molecular flexibility index (Phi) is 2.71. The number of rotatable bonds is 1. The molecule has 1 aliphatic rings. The minimum absolute atomic E-state index is 0.0119. The predicted octanol–water partition coefficient (Wildman–Crippen LogP) is 3.48. The van der Waals surface area contributed by atoms with E-state index >= 15 is 0 Å². The molecule has 0 spiro atoms. The van der Waals surface area contributed by atoms with Crippen molar-refractivity contribution in [2.75, 3.05) is 0 Å². The Morgan fingerprint density at radius 2 is 1.87 bits per heavy atom. The maximum Gasteiger partial charge on any atom is 0.419 e. The van der Waals surface area contributed by atoms with Crippen LogP contribution in [0.5, 0.6) is 0 Å². The largest absolute Gasteiger partial charge is 0.419 e. The highest BCUT2D eigenvalue weighted by Crippen LogP contribution is 2.39. The number of hydrogen-bond acceptors (Lipinski definition) is 1. The van der Waals surface area contributed by atoms with Crippen molar-refractivity contribution in [3.8, 4) is 0 Å². The van der Waals surface area contributed by atoms with Crippen molar-refractivity contribution in [2.45, 2.75) is 44.2 Å². The van der Waals surface area contributed by atoms with Crippen molar-refractivity contribution in [3.05, 3.63) is 17.5 Å². The maximum atomic E-state index is 12.6. The molecule has 1 fully saturated rings. The first-order chi connectivity index (χ1) is 7.09. The van der Waals surface area contributed by atoms with E-state index in [1.807, 2.05) is 0 Å². The summed E-state index contributed by atoms with van der Waals surface area (Å²) in [5.41, 5.74) is -0.309. The average Bonchev–Trinajstić information content (AvgIpc) is 2.67. The Morgan fingerprint density at radius 3 is 2.47 bits per heavy atom. The van der Waals surface area contributed by atoms with Gasteiger partial charge in [0.1, 0.15) is 0 Å². The first-order valence-corrected chi connectivity index (χ1v) is 5.19. The van der Waals surface area contributed by atoms with Gasteiger partial charge in [-0.25, -0.2) is 0 Å². The summed E-state index contributed by atoms with van der Waals surface area (Å²) in [4.78, 5) is 0. The fourth-order valence-electron chi connectivity index (χ4n) is 2.22. The number of halogens is 3. The third-order valence-corrected chi connectivity index (χ3v) is 2.99. The molecule has 0 unspecified atom stereocenters. The minimum atomic E-state index is -4.28. The summed E-state index contributed by atoms with van der Waals surface area (Å²) in [5.74, 6) is 0.0119. The van der Waals surface area contributed by atoms with Gasteiger partial charge in [-0.1, -0.05) is 19.3 Å². The molecule has 1 aromatic rings. The summed E-state index contributed by atoms with van der Waals surface area (Å²) in [6.45, 7) is 0. The van der Waals surface area contributed by atoms with E-state index in [1.54, 1.807) is 0 Å². The molecule has 0 bridgehead atoms. The molecule has 0 saturated heterocycles. The summed E-state index contributed by atoms with van der Waals surface area (Å²) in [5, 5.41) is 6.03. The van der Waals surface area contributed by atoms with Crippen LogP contribution >= 0.6 is 0 Å². The summed E-state index contributed by atoms with van der Waals surface area (Å²) in [6, 6.07) is 0. The average molecular weight is 218 g/mol. The highest BCUT2D eigenvalue weighted by atomic mass is 19.4. The normalized spacial score (nSPS) is 19.4. The molecular weight excluding hydrogens is 205 g/mol. The second kappa shape index (κ2) is 3.87. The first kappa shape index (κ1) is 10.5. The lowest BCUT2D eigenvalue weighted by Gasteiger charge is -2.21. The minimum Gasteiger partial charge on any atom is -0.282 e. The molecule has 1 aliphatic carbocycles. The van der Waals surface area contributed by atoms with Crippen LogP contribution in [0.15, 0.2) is 6.20 Å². The number of aromatic amines is 1. The SMILES string of the molecule is FC(F)(F)c1cn[nH]c1C1CCCCC1. The van der Waals surface area contributed by atoms with Gasteiger partial charge in [0.25, 0.3) is 0 Å². The molecule has 84 valence electrons. The summed E-state index contributed by atoms with van der Waals surface area (Å²) in [7, 11) is 0. The summed E-state index contributed by atoms with van der Waals surface area (Å²) in [6.07, 6.45) is 1.45. The number of alkyl halides is 3. The molecule has 15 heavy (non-hydrogen) atoms. The van der Waals surface area contributed by atoms with Gasteiger partial charge in [-0.3, -0.25) is 5.10 Å². The lowest BCUT2D eigenvalue weighted by molar-refractivity contribution is -0.138. The molecular formula is C10H13F3N2. The Morgan fingerprint density at radius 1 is 1.20 bits per heavy atom. The van der Waals surface area contributed by atoms with E-state index in [-0.39, 0.29) is 11.6 Å². The fraction of sp³-hybridized carbons (Fsp3) is 0.700. The molecule has 1 aromatic heterocycles. The third-order valence-electron chi connectivity index (χ3n) is 2.99. The van der Waals surface area contributed by atoms with E-state index in [0.717, 1.165) is 38.3 Å². The van der Waals surface area contributed by atoms with Gasteiger partial charge in [0.2, 0.25) is 0 Å². The van der Waals surface area contributed by atoms with Crippen molar-refractivity contribution in [2.24, 2.45) is 0 Å². The molecule has 0 aromatic carbocycles. The zero-order valence-electron chi connectivity index (χ0n) is 8.27. The topological polar surface area (TPSA) is 28.7 Å². The molecule has 0 aliphatic heterocycles. The van der Waals surface area contributed by atoms with Gasteiger partial charge in [-0.2, -0.15) is 18.3 Å². The van der Waals surface area contributed by atoms with E-state index in [4.69, 9.17) is 0 Å². The molecule has 2 rings (SSSR count). The maximum absolute atomic E-state index is 12.6. The standard InChI is InChI=1S/C10H13F3N2/c11-10(12,13)8-6-14-15-9(8)7-4-2-1-3-5-7/h6-7H,1-5H2,(H,14,15). The van der Waals surface area contributed by atoms with Crippen LogP contribution in [0.25, 0.3) is 0 Å². The van der Waals surface area contributed by atoms with E-state index < -0.39 is 11.7 Å². The lowest BCUT2D eigenvalue weighted by atomic mass is 9.85.